The third-order valence-corrected chi connectivity index (χ3v) is 10.1. The molecule has 0 amide bonds. The third-order valence-electron chi connectivity index (χ3n) is 5.44. The molecule has 1 heterocycles. The predicted octanol–water partition coefficient (Wildman–Crippen LogP) is 3.47. The van der Waals surface area contributed by atoms with Gasteiger partial charge in [-0.1, -0.05) is 26.8 Å². The largest absolute Gasteiger partial charge is 0.462 e. The van der Waals surface area contributed by atoms with Crippen LogP contribution in [0.5, 0.6) is 0 Å². The van der Waals surface area contributed by atoms with Gasteiger partial charge >= 0.3 is 5.97 Å². The monoisotopic (exact) mass is 324 g/mol. The van der Waals surface area contributed by atoms with Crippen molar-refractivity contribution >= 4 is 20.1 Å². The van der Waals surface area contributed by atoms with Crippen LogP contribution in [0, 0.1) is 11.8 Å². The van der Waals surface area contributed by atoms with Gasteiger partial charge in [-0.15, -0.1) is 0 Å². The fraction of sp³-hybridized carbons (Fsp3) is 0.765. The number of esters is 1. The number of rotatable bonds is 7. The summed E-state index contributed by atoms with van der Waals surface area (Å²) in [6, 6.07) is 3.32. The lowest BCUT2D eigenvalue weighted by atomic mass is 9.91. The molecule has 4 atom stereocenters. The summed E-state index contributed by atoms with van der Waals surface area (Å²) < 4.78 is 12.1. The van der Waals surface area contributed by atoms with E-state index in [0.717, 1.165) is 24.6 Å². The van der Waals surface area contributed by atoms with E-state index < -0.39 is 8.32 Å². The van der Waals surface area contributed by atoms with Gasteiger partial charge in [-0.2, -0.15) is 0 Å². The average molecular weight is 324 g/mol. The summed E-state index contributed by atoms with van der Waals surface area (Å²) in [7, 11) is -1.70. The maximum absolute atomic E-state index is 11.6. The first-order chi connectivity index (χ1) is 10.4. The summed E-state index contributed by atoms with van der Waals surface area (Å²) in [6.07, 6.45) is 4.87. The number of fused-ring (bicyclic) bond motifs is 1. The molecule has 0 aromatic carbocycles. The maximum Gasteiger partial charge on any atom is 0.306 e. The number of hydrogen-bond donors (Lipinski definition) is 0. The number of hydrogen-bond acceptors (Lipinski definition) is 4. The lowest BCUT2D eigenvalue weighted by molar-refractivity contribution is -0.141. The smallest absolute Gasteiger partial charge is 0.306 e. The molecule has 2 aliphatic rings. The first kappa shape index (κ1) is 17.4. The van der Waals surface area contributed by atoms with Crippen LogP contribution in [0.3, 0.4) is 0 Å². The second kappa shape index (κ2) is 7.09. The molecule has 2 rings (SSSR count). The molecule has 1 saturated heterocycles. The quantitative estimate of drug-likeness (QED) is 0.409. The van der Waals surface area contributed by atoms with Gasteiger partial charge in [0.1, 0.15) is 6.10 Å². The highest BCUT2D eigenvalue weighted by molar-refractivity contribution is 6.73. The zero-order valence-electron chi connectivity index (χ0n) is 14.1. The van der Waals surface area contributed by atoms with Crippen LogP contribution < -0.4 is 0 Å². The highest BCUT2D eigenvalue weighted by Crippen LogP contribution is 2.45. The van der Waals surface area contributed by atoms with Gasteiger partial charge in [-0.3, -0.25) is 9.59 Å². The third kappa shape index (κ3) is 3.51. The molecule has 4 nitrogen and oxygen atoms in total. The first-order valence-electron chi connectivity index (χ1n) is 8.50. The van der Waals surface area contributed by atoms with E-state index in [9.17, 15) is 9.59 Å². The van der Waals surface area contributed by atoms with E-state index in [1.54, 1.807) is 13.0 Å². The van der Waals surface area contributed by atoms with Crippen LogP contribution in [0.1, 0.15) is 40.5 Å². The minimum atomic E-state index is -1.70. The van der Waals surface area contributed by atoms with Crippen molar-refractivity contribution in [1.29, 1.82) is 0 Å². The normalized spacial score (nSPS) is 31.5. The van der Waals surface area contributed by atoms with Crippen molar-refractivity contribution in [1.82, 2.24) is 0 Å². The Bertz CT molecular complexity index is 447. The molecule has 1 saturated carbocycles. The summed E-state index contributed by atoms with van der Waals surface area (Å²) in [5.41, 5.74) is 0. The molecule has 0 aromatic heterocycles. The highest BCUT2D eigenvalue weighted by atomic mass is 28.4. The van der Waals surface area contributed by atoms with Crippen LogP contribution in [0.25, 0.3) is 0 Å². The van der Waals surface area contributed by atoms with Crippen molar-refractivity contribution < 1.29 is 18.8 Å². The Morgan fingerprint density at radius 3 is 2.50 bits per heavy atom. The molecule has 0 aromatic rings. The molecule has 0 unspecified atom stereocenters. The van der Waals surface area contributed by atoms with E-state index in [4.69, 9.17) is 9.16 Å². The summed E-state index contributed by atoms with van der Waals surface area (Å²) in [5, 5.41) is 0. The molecule has 124 valence electrons. The van der Waals surface area contributed by atoms with Crippen LogP contribution in [0.4, 0.5) is 0 Å². The van der Waals surface area contributed by atoms with Crippen LogP contribution in [0.15, 0.2) is 12.2 Å². The SMILES string of the molecule is CC[Si](CC)(CC)O[C@@H]1C[C@@H]2OC(=O)C[C@@H]2[C@H]1C=CC(C)=O. The van der Waals surface area contributed by atoms with Gasteiger partial charge in [-0.05, 0) is 31.1 Å². The van der Waals surface area contributed by atoms with E-state index in [2.05, 4.69) is 20.8 Å². The Balaban J connectivity index is 2.18. The molecular formula is C17H28O4Si. The highest BCUT2D eigenvalue weighted by Gasteiger charge is 2.51. The topological polar surface area (TPSA) is 52.6 Å². The molecule has 1 aliphatic carbocycles. The molecular weight excluding hydrogens is 296 g/mol. The molecule has 0 N–H and O–H groups in total. The molecule has 1 aliphatic heterocycles. The van der Waals surface area contributed by atoms with E-state index in [-0.39, 0.29) is 35.8 Å². The second-order valence-electron chi connectivity index (χ2n) is 6.58. The summed E-state index contributed by atoms with van der Waals surface area (Å²) in [5.74, 6) is 0.222. The Hall–Kier alpha value is -0.943. The van der Waals surface area contributed by atoms with Crippen LogP contribution in [-0.2, 0) is 18.8 Å². The van der Waals surface area contributed by atoms with Crippen molar-refractivity contribution in [2.24, 2.45) is 11.8 Å². The minimum Gasteiger partial charge on any atom is -0.462 e. The van der Waals surface area contributed by atoms with E-state index >= 15 is 0 Å². The van der Waals surface area contributed by atoms with Crippen molar-refractivity contribution in [2.75, 3.05) is 0 Å². The zero-order chi connectivity index (χ0) is 16.3. The fourth-order valence-corrected chi connectivity index (χ4v) is 6.75. The summed E-state index contributed by atoms with van der Waals surface area (Å²) in [6.45, 7) is 8.21. The Morgan fingerprint density at radius 2 is 1.95 bits per heavy atom. The van der Waals surface area contributed by atoms with Crippen LogP contribution in [-0.4, -0.2) is 32.3 Å². The number of ether oxygens (including phenoxy) is 1. The number of ketones is 1. The molecule has 0 bridgehead atoms. The lowest BCUT2D eigenvalue weighted by Crippen LogP contribution is -2.41. The maximum atomic E-state index is 11.6. The lowest BCUT2D eigenvalue weighted by Gasteiger charge is -2.34. The fourth-order valence-electron chi connectivity index (χ4n) is 3.86. The zero-order valence-corrected chi connectivity index (χ0v) is 15.1. The molecule has 0 spiro atoms. The van der Waals surface area contributed by atoms with Crippen LogP contribution >= 0.6 is 0 Å². The van der Waals surface area contributed by atoms with Gasteiger partial charge < -0.3 is 9.16 Å². The first-order valence-corrected chi connectivity index (χ1v) is 11.0. The molecule has 22 heavy (non-hydrogen) atoms. The molecule has 0 radical (unpaired) electrons. The van der Waals surface area contributed by atoms with Gasteiger partial charge in [0.25, 0.3) is 0 Å². The van der Waals surface area contributed by atoms with Gasteiger partial charge in [0.2, 0.25) is 0 Å². The Morgan fingerprint density at radius 1 is 1.32 bits per heavy atom. The molecule has 5 heteroatoms. The molecule has 2 fully saturated rings. The van der Waals surface area contributed by atoms with Crippen molar-refractivity contribution in [3.63, 3.8) is 0 Å². The van der Waals surface area contributed by atoms with Crippen molar-refractivity contribution in [3.05, 3.63) is 12.2 Å². The van der Waals surface area contributed by atoms with Crippen molar-refractivity contribution in [2.45, 2.75) is 70.9 Å². The van der Waals surface area contributed by atoms with Gasteiger partial charge in [0, 0.05) is 18.3 Å². The average Bonchev–Trinajstić information content (AvgIpc) is 2.98. The second-order valence-corrected chi connectivity index (χ2v) is 11.3. The number of carbonyl (C=O) groups excluding carboxylic acids is 2. The minimum absolute atomic E-state index is 0.0311. The Kier molecular flexibility index (Phi) is 5.61. The predicted molar refractivity (Wildman–Crippen MR) is 88.0 cm³/mol. The Labute approximate surface area is 134 Å². The number of allylic oxidation sites excluding steroid dienone is 1. The van der Waals surface area contributed by atoms with Crippen LogP contribution in [0.2, 0.25) is 18.1 Å². The van der Waals surface area contributed by atoms with Crippen molar-refractivity contribution in [3.8, 4) is 0 Å². The van der Waals surface area contributed by atoms with E-state index in [1.165, 1.54) is 0 Å². The summed E-state index contributed by atoms with van der Waals surface area (Å²) >= 11 is 0. The van der Waals surface area contributed by atoms with E-state index in [1.807, 2.05) is 6.08 Å². The van der Waals surface area contributed by atoms with Gasteiger partial charge in [0.05, 0.1) is 12.5 Å². The standard InChI is InChI=1S/C17H28O4Si/c1-5-22(6-2,7-3)21-16-11-15-14(10-17(19)20-15)13(16)9-8-12(4)18/h8-9,13-16H,5-7,10-11H2,1-4H3/t13-,14-,15+,16-/m1/s1. The van der Waals surface area contributed by atoms with Gasteiger partial charge in [0.15, 0.2) is 14.1 Å². The van der Waals surface area contributed by atoms with Gasteiger partial charge in [-0.25, -0.2) is 0 Å². The summed E-state index contributed by atoms with van der Waals surface area (Å²) in [4.78, 5) is 22.9. The number of carbonyl (C=O) groups is 2. The van der Waals surface area contributed by atoms with E-state index in [0.29, 0.717) is 6.42 Å².